The fourth-order valence-corrected chi connectivity index (χ4v) is 3.99. The maximum atomic E-state index is 12.0. The first-order chi connectivity index (χ1) is 10.6. The molecule has 2 rings (SSSR count). The number of rotatable bonds is 7. The van der Waals surface area contributed by atoms with Crippen molar-refractivity contribution in [1.29, 1.82) is 0 Å². The van der Waals surface area contributed by atoms with Crippen molar-refractivity contribution < 1.29 is 9.90 Å². The molecule has 1 aliphatic heterocycles. The third-order valence-electron chi connectivity index (χ3n) is 4.34. The van der Waals surface area contributed by atoms with Crippen molar-refractivity contribution >= 4 is 17.7 Å². The van der Waals surface area contributed by atoms with Gasteiger partial charge < -0.3 is 10.4 Å². The number of aryl methyl sites for hydroxylation is 1. The van der Waals surface area contributed by atoms with Crippen molar-refractivity contribution in [3.8, 4) is 0 Å². The molecule has 1 amide bonds. The van der Waals surface area contributed by atoms with E-state index in [1.165, 1.54) is 5.56 Å². The second kappa shape index (κ2) is 8.59. The first-order valence-corrected chi connectivity index (χ1v) is 9.34. The zero-order valence-corrected chi connectivity index (χ0v) is 14.2. The number of aliphatic hydroxyl groups is 1. The summed E-state index contributed by atoms with van der Waals surface area (Å²) in [7, 11) is 0. The van der Waals surface area contributed by atoms with E-state index in [-0.39, 0.29) is 5.91 Å². The van der Waals surface area contributed by atoms with E-state index in [1.807, 2.05) is 17.8 Å². The minimum Gasteiger partial charge on any atom is -0.388 e. The molecule has 0 bridgehead atoms. The van der Waals surface area contributed by atoms with Crippen molar-refractivity contribution in [1.82, 2.24) is 5.32 Å². The predicted octanol–water partition coefficient (Wildman–Crippen LogP) is 3.02. The highest BCUT2D eigenvalue weighted by atomic mass is 32.2. The van der Waals surface area contributed by atoms with Crippen LogP contribution in [-0.4, -0.2) is 34.7 Å². The molecule has 1 aromatic rings. The fraction of sp³-hybridized carbons (Fsp3) is 0.611. The summed E-state index contributed by atoms with van der Waals surface area (Å²) in [5.41, 5.74) is 0.637. The van der Waals surface area contributed by atoms with Gasteiger partial charge in [-0.25, -0.2) is 0 Å². The van der Waals surface area contributed by atoms with Crippen LogP contribution in [0.25, 0.3) is 0 Å². The summed E-state index contributed by atoms with van der Waals surface area (Å²) in [5.74, 6) is 2.39. The van der Waals surface area contributed by atoms with Crippen molar-refractivity contribution in [2.75, 3.05) is 18.1 Å². The molecule has 1 aliphatic rings. The second-order valence-electron chi connectivity index (χ2n) is 6.45. The molecule has 1 saturated heterocycles. The second-order valence-corrected chi connectivity index (χ2v) is 7.67. The van der Waals surface area contributed by atoms with Gasteiger partial charge in [0.1, 0.15) is 0 Å². The number of carbonyl (C=O) groups excluding carboxylic acids is 1. The smallest absolute Gasteiger partial charge is 0.220 e. The lowest BCUT2D eigenvalue weighted by molar-refractivity contribution is -0.123. The van der Waals surface area contributed by atoms with Crippen LogP contribution in [0.2, 0.25) is 0 Å². The number of amides is 1. The first-order valence-electron chi connectivity index (χ1n) is 8.18. The highest BCUT2D eigenvalue weighted by molar-refractivity contribution is 7.99. The number of nitrogens with one attached hydrogen (secondary N) is 1. The molecule has 4 heteroatoms. The van der Waals surface area contributed by atoms with Gasteiger partial charge in [-0.15, -0.1) is 0 Å². The van der Waals surface area contributed by atoms with E-state index in [0.717, 1.165) is 37.2 Å². The van der Waals surface area contributed by atoms with Crippen LogP contribution >= 0.6 is 11.8 Å². The predicted molar refractivity (Wildman–Crippen MR) is 93.1 cm³/mol. The van der Waals surface area contributed by atoms with Crippen LogP contribution in [0.1, 0.15) is 38.2 Å². The molecule has 1 heterocycles. The van der Waals surface area contributed by atoms with Crippen LogP contribution in [0.5, 0.6) is 0 Å². The van der Waals surface area contributed by atoms with E-state index in [0.29, 0.717) is 18.9 Å². The molecule has 122 valence electrons. The molecule has 0 spiro atoms. The van der Waals surface area contributed by atoms with Crippen LogP contribution in [0, 0.1) is 5.92 Å². The standard InChI is InChI=1S/C18H27NO2S/c1-15(7-8-16-5-3-2-4-6-16)13-17(20)19-14-18(21)9-11-22-12-10-18/h2-6,15,21H,7-14H2,1H3,(H,19,20). The Labute approximate surface area is 137 Å². The molecule has 1 atom stereocenters. The lowest BCUT2D eigenvalue weighted by Gasteiger charge is -2.31. The molecule has 0 aliphatic carbocycles. The third-order valence-corrected chi connectivity index (χ3v) is 5.33. The van der Waals surface area contributed by atoms with E-state index in [9.17, 15) is 9.90 Å². The maximum Gasteiger partial charge on any atom is 0.220 e. The molecule has 0 saturated carbocycles. The van der Waals surface area contributed by atoms with Crippen molar-refractivity contribution in [2.24, 2.45) is 5.92 Å². The number of hydrogen-bond donors (Lipinski definition) is 2. The van der Waals surface area contributed by atoms with Crippen LogP contribution in [-0.2, 0) is 11.2 Å². The molecule has 1 unspecified atom stereocenters. The van der Waals surface area contributed by atoms with E-state index in [1.54, 1.807) is 0 Å². The lowest BCUT2D eigenvalue weighted by atomic mass is 9.95. The van der Waals surface area contributed by atoms with Gasteiger partial charge in [0, 0.05) is 13.0 Å². The average Bonchev–Trinajstić information content (AvgIpc) is 2.53. The Morgan fingerprint density at radius 1 is 1.32 bits per heavy atom. The van der Waals surface area contributed by atoms with E-state index < -0.39 is 5.60 Å². The highest BCUT2D eigenvalue weighted by Gasteiger charge is 2.29. The normalized spacial score (nSPS) is 18.6. The molecule has 1 aromatic carbocycles. The topological polar surface area (TPSA) is 49.3 Å². The minimum absolute atomic E-state index is 0.0622. The van der Waals surface area contributed by atoms with Gasteiger partial charge in [0.2, 0.25) is 5.91 Å². The summed E-state index contributed by atoms with van der Waals surface area (Å²) in [6, 6.07) is 10.4. The monoisotopic (exact) mass is 321 g/mol. The zero-order chi connectivity index (χ0) is 15.8. The van der Waals surface area contributed by atoms with Crippen LogP contribution < -0.4 is 5.32 Å². The number of hydrogen-bond acceptors (Lipinski definition) is 3. The molecule has 2 N–H and O–H groups in total. The summed E-state index contributed by atoms with van der Waals surface area (Å²) in [6.07, 6.45) is 4.12. The Bertz CT molecular complexity index is 457. The Hall–Kier alpha value is -1.00. The van der Waals surface area contributed by atoms with Gasteiger partial charge in [-0.3, -0.25) is 4.79 Å². The van der Waals surface area contributed by atoms with Gasteiger partial charge in [-0.05, 0) is 48.7 Å². The van der Waals surface area contributed by atoms with E-state index >= 15 is 0 Å². The van der Waals surface area contributed by atoms with E-state index in [2.05, 4.69) is 36.5 Å². The summed E-state index contributed by atoms with van der Waals surface area (Å²) < 4.78 is 0. The van der Waals surface area contributed by atoms with Crippen molar-refractivity contribution in [3.05, 3.63) is 35.9 Å². The molecule has 3 nitrogen and oxygen atoms in total. The number of carbonyl (C=O) groups is 1. The molecular weight excluding hydrogens is 294 g/mol. The third kappa shape index (κ3) is 6.01. The van der Waals surface area contributed by atoms with Gasteiger partial charge in [0.25, 0.3) is 0 Å². The first kappa shape index (κ1) is 17.4. The number of benzene rings is 1. The molecule has 0 radical (unpaired) electrons. The van der Waals surface area contributed by atoms with Crippen LogP contribution in [0.4, 0.5) is 0 Å². The lowest BCUT2D eigenvalue weighted by Crippen LogP contribution is -2.45. The quantitative estimate of drug-likeness (QED) is 0.811. The molecule has 0 aromatic heterocycles. The van der Waals surface area contributed by atoms with Crippen LogP contribution in [0.3, 0.4) is 0 Å². The molecular formula is C18H27NO2S. The molecule has 22 heavy (non-hydrogen) atoms. The average molecular weight is 321 g/mol. The number of thioether (sulfide) groups is 1. The SMILES string of the molecule is CC(CCc1ccccc1)CC(=O)NCC1(O)CCSCC1. The zero-order valence-electron chi connectivity index (χ0n) is 13.4. The fourth-order valence-electron chi connectivity index (χ4n) is 2.74. The van der Waals surface area contributed by atoms with Gasteiger partial charge in [-0.1, -0.05) is 37.3 Å². The largest absolute Gasteiger partial charge is 0.388 e. The Kier molecular flexibility index (Phi) is 6.77. The Morgan fingerprint density at radius 2 is 2.00 bits per heavy atom. The van der Waals surface area contributed by atoms with Crippen LogP contribution in [0.15, 0.2) is 30.3 Å². The van der Waals surface area contributed by atoms with Gasteiger partial charge in [0.05, 0.1) is 5.60 Å². The molecule has 1 fully saturated rings. The summed E-state index contributed by atoms with van der Waals surface area (Å²) in [6.45, 7) is 2.52. The highest BCUT2D eigenvalue weighted by Crippen LogP contribution is 2.26. The van der Waals surface area contributed by atoms with Gasteiger partial charge in [-0.2, -0.15) is 11.8 Å². The summed E-state index contributed by atoms with van der Waals surface area (Å²) in [4.78, 5) is 12.0. The van der Waals surface area contributed by atoms with Crippen molar-refractivity contribution in [3.63, 3.8) is 0 Å². The summed E-state index contributed by atoms with van der Waals surface area (Å²) >= 11 is 1.87. The van der Waals surface area contributed by atoms with Crippen molar-refractivity contribution in [2.45, 2.75) is 44.6 Å². The summed E-state index contributed by atoms with van der Waals surface area (Å²) in [5, 5.41) is 13.3. The minimum atomic E-state index is -0.686. The van der Waals surface area contributed by atoms with E-state index in [4.69, 9.17) is 0 Å². The Morgan fingerprint density at radius 3 is 2.68 bits per heavy atom. The Balaban J connectivity index is 1.65. The van der Waals surface area contributed by atoms with Gasteiger partial charge in [0.15, 0.2) is 0 Å². The maximum absolute atomic E-state index is 12.0. The van der Waals surface area contributed by atoms with Gasteiger partial charge >= 0.3 is 0 Å².